The normalized spacial score (nSPS) is 10.1. The van der Waals surface area contributed by atoms with Crippen LogP contribution in [0.4, 0.5) is 10.8 Å². The third kappa shape index (κ3) is 3.00. The van der Waals surface area contributed by atoms with Gasteiger partial charge in [0.05, 0.1) is 17.6 Å². The summed E-state index contributed by atoms with van der Waals surface area (Å²) >= 11 is 1.57. The maximum absolute atomic E-state index is 5.53. The van der Waals surface area contributed by atoms with Crippen LogP contribution in [0.1, 0.15) is 11.5 Å². The van der Waals surface area contributed by atoms with Gasteiger partial charge in [-0.15, -0.1) is 23.7 Å². The first-order valence-electron chi connectivity index (χ1n) is 5.92. The third-order valence-corrected chi connectivity index (χ3v) is 3.49. The lowest BCUT2D eigenvalue weighted by Gasteiger charge is -1.99. The Balaban J connectivity index is 0.00000147. The minimum Gasteiger partial charge on any atom is -0.466 e. The molecule has 0 aliphatic heterocycles. The van der Waals surface area contributed by atoms with Crippen molar-refractivity contribution < 1.29 is 4.42 Å². The summed E-state index contributed by atoms with van der Waals surface area (Å²) in [5.74, 6) is 1.80. The number of hydrogen-bond donors (Lipinski definition) is 1. The van der Waals surface area contributed by atoms with Gasteiger partial charge in [-0.25, -0.2) is 4.98 Å². The molecule has 20 heavy (non-hydrogen) atoms. The highest BCUT2D eigenvalue weighted by molar-refractivity contribution is 7.14. The molecule has 3 aromatic rings. The second-order valence-electron chi connectivity index (χ2n) is 4.23. The highest BCUT2D eigenvalue weighted by atomic mass is 35.5. The van der Waals surface area contributed by atoms with Crippen molar-refractivity contribution >= 4 is 34.6 Å². The molecule has 6 heteroatoms. The smallest absolute Gasteiger partial charge is 0.187 e. The molecule has 0 fully saturated rings. The SMILES string of the molecule is Cc1cc(-c2csc(Nc3cccnc3)n2)c(C)o1.Cl. The van der Waals surface area contributed by atoms with Gasteiger partial charge < -0.3 is 9.73 Å². The molecule has 3 rings (SSSR count). The van der Waals surface area contributed by atoms with Gasteiger partial charge in [0.25, 0.3) is 0 Å². The van der Waals surface area contributed by atoms with Gasteiger partial charge in [0, 0.05) is 17.1 Å². The van der Waals surface area contributed by atoms with Crippen molar-refractivity contribution in [2.75, 3.05) is 5.32 Å². The van der Waals surface area contributed by atoms with Crippen LogP contribution in [0, 0.1) is 13.8 Å². The van der Waals surface area contributed by atoms with Crippen LogP contribution in [0.25, 0.3) is 11.3 Å². The molecular weight excluding hydrogens is 294 g/mol. The van der Waals surface area contributed by atoms with Gasteiger partial charge in [0.15, 0.2) is 5.13 Å². The zero-order chi connectivity index (χ0) is 13.2. The molecule has 0 saturated carbocycles. The van der Waals surface area contributed by atoms with Gasteiger partial charge in [-0.05, 0) is 32.0 Å². The van der Waals surface area contributed by atoms with E-state index in [2.05, 4.69) is 15.3 Å². The molecule has 0 saturated heterocycles. The lowest BCUT2D eigenvalue weighted by Crippen LogP contribution is -1.89. The first-order valence-corrected chi connectivity index (χ1v) is 6.80. The Morgan fingerprint density at radius 2 is 2.15 bits per heavy atom. The van der Waals surface area contributed by atoms with Gasteiger partial charge in [-0.3, -0.25) is 4.98 Å². The number of hydrogen-bond acceptors (Lipinski definition) is 5. The number of nitrogens with one attached hydrogen (secondary N) is 1. The Bertz CT molecular complexity index is 694. The van der Waals surface area contributed by atoms with E-state index in [0.717, 1.165) is 33.6 Å². The van der Waals surface area contributed by atoms with E-state index in [1.807, 2.05) is 37.4 Å². The molecule has 0 aliphatic carbocycles. The van der Waals surface area contributed by atoms with Crippen molar-refractivity contribution in [3.8, 4) is 11.3 Å². The molecule has 0 radical (unpaired) electrons. The molecule has 0 amide bonds. The van der Waals surface area contributed by atoms with Crippen molar-refractivity contribution in [3.63, 3.8) is 0 Å². The summed E-state index contributed by atoms with van der Waals surface area (Å²) in [7, 11) is 0. The molecule has 0 atom stereocenters. The van der Waals surface area contributed by atoms with Gasteiger partial charge in [0.2, 0.25) is 0 Å². The van der Waals surface area contributed by atoms with Crippen molar-refractivity contribution in [1.82, 2.24) is 9.97 Å². The standard InChI is InChI=1S/C14H13N3OS.ClH/c1-9-6-12(10(2)18-9)13-8-19-14(17-13)16-11-4-3-5-15-7-11;/h3-8H,1-2H3,(H,16,17);1H. The van der Waals surface area contributed by atoms with Crippen molar-refractivity contribution in [2.45, 2.75) is 13.8 Å². The molecule has 3 heterocycles. The summed E-state index contributed by atoms with van der Waals surface area (Å²) in [6.07, 6.45) is 3.52. The number of thiazole rings is 1. The van der Waals surface area contributed by atoms with Gasteiger partial charge in [0.1, 0.15) is 11.5 Å². The van der Waals surface area contributed by atoms with Crippen LogP contribution in [-0.2, 0) is 0 Å². The average Bonchev–Trinajstić information content (AvgIpc) is 2.97. The Labute approximate surface area is 127 Å². The fraction of sp³-hybridized carbons (Fsp3) is 0.143. The maximum atomic E-state index is 5.53. The molecule has 0 unspecified atom stereocenters. The number of pyridine rings is 1. The summed E-state index contributed by atoms with van der Waals surface area (Å²) in [4.78, 5) is 8.63. The van der Waals surface area contributed by atoms with Crippen LogP contribution in [0.3, 0.4) is 0 Å². The number of halogens is 1. The van der Waals surface area contributed by atoms with Crippen LogP contribution in [-0.4, -0.2) is 9.97 Å². The average molecular weight is 308 g/mol. The summed E-state index contributed by atoms with van der Waals surface area (Å²) in [6.45, 7) is 3.90. The number of rotatable bonds is 3. The lowest BCUT2D eigenvalue weighted by molar-refractivity contribution is 0.505. The van der Waals surface area contributed by atoms with Crippen molar-refractivity contribution in [1.29, 1.82) is 0 Å². The van der Waals surface area contributed by atoms with Gasteiger partial charge >= 0.3 is 0 Å². The fourth-order valence-corrected chi connectivity index (χ4v) is 2.63. The number of nitrogens with zero attached hydrogens (tertiary/aromatic N) is 2. The third-order valence-electron chi connectivity index (χ3n) is 2.73. The Morgan fingerprint density at radius 3 is 2.80 bits per heavy atom. The molecule has 104 valence electrons. The number of furan rings is 1. The topological polar surface area (TPSA) is 51.0 Å². The van der Waals surface area contributed by atoms with E-state index in [1.165, 1.54) is 0 Å². The predicted octanol–water partition coefficient (Wildman–Crippen LogP) is 4.58. The molecule has 4 nitrogen and oxygen atoms in total. The van der Waals surface area contributed by atoms with Crippen molar-refractivity contribution in [2.24, 2.45) is 0 Å². The predicted molar refractivity (Wildman–Crippen MR) is 84.1 cm³/mol. The van der Waals surface area contributed by atoms with Crippen LogP contribution in [0.5, 0.6) is 0 Å². The maximum Gasteiger partial charge on any atom is 0.187 e. The summed E-state index contributed by atoms with van der Waals surface area (Å²) < 4.78 is 5.53. The van der Waals surface area contributed by atoms with Gasteiger partial charge in [-0.2, -0.15) is 0 Å². The monoisotopic (exact) mass is 307 g/mol. The highest BCUT2D eigenvalue weighted by Crippen LogP contribution is 2.30. The van der Waals surface area contributed by atoms with E-state index < -0.39 is 0 Å². The lowest BCUT2D eigenvalue weighted by atomic mass is 10.2. The van der Waals surface area contributed by atoms with Gasteiger partial charge in [-0.1, -0.05) is 0 Å². The van der Waals surface area contributed by atoms with Crippen LogP contribution in [0.15, 0.2) is 40.4 Å². The van der Waals surface area contributed by atoms with Crippen LogP contribution in [0.2, 0.25) is 0 Å². The van der Waals surface area contributed by atoms with E-state index in [1.54, 1.807) is 23.7 Å². The number of anilines is 2. The molecular formula is C14H14ClN3OS. The fourth-order valence-electron chi connectivity index (χ4n) is 1.90. The van der Waals surface area contributed by atoms with Crippen LogP contribution < -0.4 is 5.32 Å². The quantitative estimate of drug-likeness (QED) is 0.769. The first kappa shape index (κ1) is 14.6. The minimum atomic E-state index is 0. The van der Waals surface area contributed by atoms with E-state index in [-0.39, 0.29) is 12.4 Å². The molecule has 1 N–H and O–H groups in total. The second-order valence-corrected chi connectivity index (χ2v) is 5.09. The molecule has 0 aromatic carbocycles. The highest BCUT2D eigenvalue weighted by Gasteiger charge is 2.11. The Hall–Kier alpha value is -1.85. The Kier molecular flexibility index (Phi) is 4.42. The summed E-state index contributed by atoms with van der Waals surface area (Å²) in [6, 6.07) is 5.86. The zero-order valence-corrected chi connectivity index (χ0v) is 12.7. The first-order chi connectivity index (χ1) is 9.22. The van der Waals surface area contributed by atoms with E-state index >= 15 is 0 Å². The molecule has 0 spiro atoms. The number of aryl methyl sites for hydroxylation is 2. The largest absolute Gasteiger partial charge is 0.466 e. The van der Waals surface area contributed by atoms with E-state index in [0.29, 0.717) is 0 Å². The van der Waals surface area contributed by atoms with Crippen LogP contribution >= 0.6 is 23.7 Å². The van der Waals surface area contributed by atoms with E-state index in [9.17, 15) is 0 Å². The van der Waals surface area contributed by atoms with Crippen molar-refractivity contribution in [3.05, 3.63) is 47.5 Å². The molecule has 0 aliphatic rings. The minimum absolute atomic E-state index is 0. The number of aromatic nitrogens is 2. The molecule has 0 bridgehead atoms. The summed E-state index contributed by atoms with van der Waals surface area (Å²) in [5, 5.41) is 6.11. The molecule has 3 aromatic heterocycles. The zero-order valence-electron chi connectivity index (χ0n) is 11.1. The summed E-state index contributed by atoms with van der Waals surface area (Å²) in [5.41, 5.74) is 2.92. The second kappa shape index (κ2) is 6.07. The Morgan fingerprint density at radius 1 is 1.30 bits per heavy atom. The van der Waals surface area contributed by atoms with E-state index in [4.69, 9.17) is 4.42 Å².